The lowest BCUT2D eigenvalue weighted by Crippen LogP contribution is -2.70. The Morgan fingerprint density at radius 2 is 1.79 bits per heavy atom. The molecule has 1 aliphatic carbocycles. The molecule has 1 saturated carbocycles. The van der Waals surface area contributed by atoms with E-state index in [0.717, 1.165) is 19.3 Å². The van der Waals surface area contributed by atoms with Crippen molar-refractivity contribution in [2.75, 3.05) is 6.54 Å². The zero-order valence-electron chi connectivity index (χ0n) is 22.5. The third-order valence-corrected chi connectivity index (χ3v) is 8.55. The Labute approximate surface area is 222 Å². The second-order valence-electron chi connectivity index (χ2n) is 11.3. The van der Waals surface area contributed by atoms with Gasteiger partial charge < -0.3 is 30.0 Å². The van der Waals surface area contributed by atoms with Gasteiger partial charge in [0.05, 0.1) is 6.42 Å². The molecule has 4 aliphatic heterocycles. The van der Waals surface area contributed by atoms with Crippen LogP contribution in [0.1, 0.15) is 79.1 Å². The van der Waals surface area contributed by atoms with Crippen LogP contribution in [0.25, 0.3) is 0 Å². The number of amides is 2. The van der Waals surface area contributed by atoms with Crippen LogP contribution in [0.5, 0.6) is 0 Å². The number of hydrogen-bond donors (Lipinski definition) is 3. The Hall–Kier alpha value is -2.28. The Kier molecular flexibility index (Phi) is 8.65. The van der Waals surface area contributed by atoms with Gasteiger partial charge in [-0.3, -0.25) is 19.2 Å². The number of aliphatic carboxylic acids is 1. The van der Waals surface area contributed by atoms with Gasteiger partial charge in [-0.2, -0.15) is 0 Å². The van der Waals surface area contributed by atoms with Gasteiger partial charge in [-0.1, -0.05) is 13.8 Å². The number of rotatable bonds is 10. The number of carbonyl (C=O) groups is 4. The smallest absolute Gasteiger partial charge is 0.325 e. The number of carboxylic acid groups (broad SMARTS) is 1. The lowest BCUT2D eigenvalue weighted by molar-refractivity contribution is -0.576. The van der Waals surface area contributed by atoms with Crippen LogP contribution in [0, 0.1) is 23.7 Å². The Morgan fingerprint density at radius 1 is 1.03 bits per heavy atom. The number of hydrogen-bond acceptors (Lipinski definition) is 9. The van der Waals surface area contributed by atoms with E-state index in [0.29, 0.717) is 18.8 Å². The molecule has 3 N–H and O–H groups in total. The van der Waals surface area contributed by atoms with Crippen LogP contribution < -0.4 is 10.6 Å². The van der Waals surface area contributed by atoms with Gasteiger partial charge in [0.25, 0.3) is 0 Å². The van der Waals surface area contributed by atoms with Crippen LogP contribution in [-0.4, -0.2) is 65.4 Å². The lowest BCUT2D eigenvalue weighted by Gasteiger charge is -2.59. The first-order valence-electron chi connectivity index (χ1n) is 13.6. The summed E-state index contributed by atoms with van der Waals surface area (Å²) in [5.41, 5.74) is -0.738. The lowest BCUT2D eigenvalue weighted by atomic mass is 9.58. The minimum Gasteiger partial charge on any atom is -0.480 e. The second-order valence-corrected chi connectivity index (χ2v) is 11.3. The number of esters is 1. The topological polar surface area (TPSA) is 159 Å². The number of carbonyl (C=O) groups excluding carboxylic acids is 3. The Balaban J connectivity index is 1.24. The summed E-state index contributed by atoms with van der Waals surface area (Å²) in [7, 11) is 0. The third-order valence-electron chi connectivity index (χ3n) is 8.55. The molecule has 38 heavy (non-hydrogen) atoms. The molecule has 4 saturated heterocycles. The highest BCUT2D eigenvalue weighted by Crippen LogP contribution is 2.60. The molecule has 12 nitrogen and oxygen atoms in total. The van der Waals surface area contributed by atoms with E-state index >= 15 is 0 Å². The summed E-state index contributed by atoms with van der Waals surface area (Å²) in [6.07, 6.45) is 2.22. The van der Waals surface area contributed by atoms with Gasteiger partial charge in [0.1, 0.15) is 6.04 Å². The molecule has 2 bridgehead atoms. The van der Waals surface area contributed by atoms with Gasteiger partial charge in [0, 0.05) is 37.6 Å². The van der Waals surface area contributed by atoms with Crippen molar-refractivity contribution in [3.05, 3.63) is 0 Å². The minimum absolute atomic E-state index is 0.0295. The number of carboxylic acids is 1. The van der Waals surface area contributed by atoms with Gasteiger partial charge in [0.15, 0.2) is 11.9 Å². The van der Waals surface area contributed by atoms with Crippen LogP contribution >= 0.6 is 0 Å². The largest absolute Gasteiger partial charge is 0.480 e. The van der Waals surface area contributed by atoms with Crippen molar-refractivity contribution in [3.8, 4) is 0 Å². The van der Waals surface area contributed by atoms with Crippen LogP contribution in [-0.2, 0) is 43.2 Å². The molecule has 5 fully saturated rings. The van der Waals surface area contributed by atoms with Crippen molar-refractivity contribution in [1.82, 2.24) is 10.6 Å². The predicted octanol–water partition coefficient (Wildman–Crippen LogP) is 2.00. The third kappa shape index (κ3) is 5.83. The van der Waals surface area contributed by atoms with Crippen LogP contribution in [0.2, 0.25) is 0 Å². The molecule has 0 aromatic carbocycles. The molecule has 2 amide bonds. The van der Waals surface area contributed by atoms with Crippen molar-refractivity contribution in [2.45, 2.75) is 109 Å². The molecule has 12 heteroatoms. The van der Waals surface area contributed by atoms with E-state index in [4.69, 9.17) is 29.1 Å². The monoisotopic (exact) mass is 540 g/mol. The molecule has 1 spiro atoms. The first-order chi connectivity index (χ1) is 17.9. The molecule has 0 unspecified atom stereocenters. The average Bonchev–Trinajstić information content (AvgIpc) is 3.09. The first kappa shape index (κ1) is 28.7. The molecular formula is C26H40N2O10. The summed E-state index contributed by atoms with van der Waals surface area (Å²) in [6, 6.07) is -0.971. The maximum Gasteiger partial charge on any atom is 0.325 e. The standard InChI is InChI=1S/C26H40N2O10/c1-14-7-8-18-15(2)23(35-24-26(18)17(14)11-12-25(4,36-24)37-38-26)34-21(31)10-9-19(29)27-13-5-6-20(30)28-16(3)22(32)33/h14-18,23-24H,5-13H2,1-4H3,(H,27,29)(H,28,30)(H,32,33)/t14-,15-,16+,17+,18+,23-,24+,25-,26-/m1/s1. The highest BCUT2D eigenvalue weighted by Gasteiger charge is 2.69. The normalized spacial score (nSPS) is 38.3. The maximum absolute atomic E-state index is 12.6. The molecule has 5 rings (SSSR count). The van der Waals surface area contributed by atoms with E-state index in [9.17, 15) is 19.2 Å². The Morgan fingerprint density at radius 3 is 2.53 bits per heavy atom. The molecule has 0 aromatic heterocycles. The summed E-state index contributed by atoms with van der Waals surface area (Å²) in [5, 5.41) is 13.8. The summed E-state index contributed by atoms with van der Waals surface area (Å²) in [5.74, 6) is -2.80. The van der Waals surface area contributed by atoms with E-state index in [1.165, 1.54) is 6.92 Å². The highest BCUT2D eigenvalue weighted by atomic mass is 17.3. The van der Waals surface area contributed by atoms with Crippen molar-refractivity contribution in [2.24, 2.45) is 23.7 Å². The van der Waals surface area contributed by atoms with E-state index < -0.39 is 47.9 Å². The number of fused-ring (bicyclic) bond motifs is 2. The molecule has 9 atom stereocenters. The van der Waals surface area contributed by atoms with Gasteiger partial charge in [-0.15, -0.1) is 0 Å². The number of ether oxygens (including phenoxy) is 3. The molecule has 214 valence electrons. The molecular weight excluding hydrogens is 500 g/mol. The van der Waals surface area contributed by atoms with Gasteiger partial charge in [-0.05, 0) is 51.4 Å². The van der Waals surface area contributed by atoms with Gasteiger partial charge >= 0.3 is 11.9 Å². The predicted molar refractivity (Wildman–Crippen MR) is 130 cm³/mol. The quantitative estimate of drug-likeness (QED) is 0.213. The fourth-order valence-electron chi connectivity index (χ4n) is 6.35. The second kappa shape index (κ2) is 11.4. The molecule has 0 radical (unpaired) electrons. The van der Waals surface area contributed by atoms with Crippen molar-refractivity contribution in [3.63, 3.8) is 0 Å². The van der Waals surface area contributed by atoms with Crippen LogP contribution in [0.3, 0.4) is 0 Å². The zero-order valence-corrected chi connectivity index (χ0v) is 22.5. The summed E-state index contributed by atoms with van der Waals surface area (Å²) in [6.45, 7) is 7.66. The van der Waals surface area contributed by atoms with Crippen molar-refractivity contribution in [1.29, 1.82) is 0 Å². The molecule has 0 aromatic rings. The van der Waals surface area contributed by atoms with Crippen molar-refractivity contribution >= 4 is 23.8 Å². The average molecular weight is 541 g/mol. The number of nitrogens with one attached hydrogen (secondary N) is 2. The van der Waals surface area contributed by atoms with Crippen LogP contribution in [0.4, 0.5) is 0 Å². The van der Waals surface area contributed by atoms with Gasteiger partial charge in [0.2, 0.25) is 23.9 Å². The van der Waals surface area contributed by atoms with Crippen molar-refractivity contribution < 1.29 is 48.3 Å². The summed E-state index contributed by atoms with van der Waals surface area (Å²) in [4.78, 5) is 59.1. The van der Waals surface area contributed by atoms with Crippen LogP contribution in [0.15, 0.2) is 0 Å². The first-order valence-corrected chi connectivity index (χ1v) is 13.6. The SMILES string of the molecule is C[C@H]1[C@H](OC(=O)CCC(=O)NCCCC(=O)N[C@@H](C)C(=O)O)O[C@H]2O[C@@]3(C)CC[C@H]4[C@H](C)CC[C@@H]1[C@@]24OO3. The summed E-state index contributed by atoms with van der Waals surface area (Å²) >= 11 is 0. The van der Waals surface area contributed by atoms with E-state index in [1.807, 2.05) is 13.8 Å². The fraction of sp³-hybridized carbons (Fsp3) is 0.846. The highest BCUT2D eigenvalue weighted by molar-refractivity contribution is 5.83. The minimum atomic E-state index is -1.12. The van der Waals surface area contributed by atoms with E-state index in [-0.39, 0.29) is 49.5 Å². The van der Waals surface area contributed by atoms with Gasteiger partial charge in [-0.25, -0.2) is 9.78 Å². The fourth-order valence-corrected chi connectivity index (χ4v) is 6.35. The maximum atomic E-state index is 12.6. The summed E-state index contributed by atoms with van der Waals surface area (Å²) < 4.78 is 18.2. The Bertz CT molecular complexity index is 930. The molecule has 4 heterocycles. The zero-order chi connectivity index (χ0) is 27.7. The van der Waals surface area contributed by atoms with E-state index in [1.54, 1.807) is 0 Å². The van der Waals surface area contributed by atoms with E-state index in [2.05, 4.69) is 17.6 Å². The molecule has 5 aliphatic rings.